The molecule has 2 atom stereocenters. The van der Waals surface area contributed by atoms with Crippen molar-refractivity contribution in [3.8, 4) is 0 Å². The average Bonchev–Trinajstić information content (AvgIpc) is 2.78. The van der Waals surface area contributed by atoms with E-state index in [-0.39, 0.29) is 0 Å². The smallest absolute Gasteiger partial charge is 0.0453 e. The second kappa shape index (κ2) is 5.85. The second-order valence-electron chi connectivity index (χ2n) is 4.79. The molecule has 0 saturated carbocycles. The van der Waals surface area contributed by atoms with E-state index in [4.69, 9.17) is 11.6 Å². The van der Waals surface area contributed by atoms with Gasteiger partial charge in [0.05, 0.1) is 0 Å². The van der Waals surface area contributed by atoms with E-state index in [0.29, 0.717) is 12.1 Å². The number of halogens is 1. The Bertz CT molecular complexity index is 367. The number of hydrogen-bond acceptors (Lipinski definition) is 2. The summed E-state index contributed by atoms with van der Waals surface area (Å²) in [6.07, 6.45) is 2.58. The zero-order valence-electron chi connectivity index (χ0n) is 10.6. The van der Waals surface area contributed by atoms with Crippen molar-refractivity contribution >= 4 is 11.6 Å². The third-order valence-corrected chi connectivity index (χ3v) is 4.06. The molecule has 17 heavy (non-hydrogen) atoms. The maximum atomic E-state index is 6.28. The molecule has 1 fully saturated rings. The molecule has 0 aromatic heterocycles. The summed E-state index contributed by atoms with van der Waals surface area (Å²) in [5.74, 6) is 0. The van der Waals surface area contributed by atoms with Gasteiger partial charge in [-0.25, -0.2) is 0 Å². The molecule has 2 unspecified atom stereocenters. The summed E-state index contributed by atoms with van der Waals surface area (Å²) in [5.41, 5.74) is 1.25. The first-order valence-corrected chi connectivity index (χ1v) is 6.76. The van der Waals surface area contributed by atoms with Crippen LogP contribution in [0.25, 0.3) is 0 Å². The quantitative estimate of drug-likeness (QED) is 0.886. The molecule has 2 nitrogen and oxygen atoms in total. The van der Waals surface area contributed by atoms with Crippen LogP contribution >= 0.6 is 11.6 Å². The number of benzene rings is 1. The van der Waals surface area contributed by atoms with Gasteiger partial charge in [-0.1, -0.05) is 29.8 Å². The van der Waals surface area contributed by atoms with Crippen molar-refractivity contribution in [3.63, 3.8) is 0 Å². The van der Waals surface area contributed by atoms with Gasteiger partial charge in [0.1, 0.15) is 0 Å². The summed E-state index contributed by atoms with van der Waals surface area (Å²) in [5, 5.41) is 4.17. The topological polar surface area (TPSA) is 15.3 Å². The SMILES string of the molecule is CNCC1CCCN1C(C)c1ccccc1Cl. The molecule has 1 aromatic rings. The number of likely N-dealkylation sites (tertiary alicyclic amines) is 1. The monoisotopic (exact) mass is 252 g/mol. The molecule has 1 N–H and O–H groups in total. The minimum absolute atomic E-state index is 0.407. The van der Waals surface area contributed by atoms with Gasteiger partial charge in [-0.15, -0.1) is 0 Å². The van der Waals surface area contributed by atoms with E-state index in [9.17, 15) is 0 Å². The molecule has 0 bridgehead atoms. The van der Waals surface area contributed by atoms with Crippen molar-refractivity contribution in [1.82, 2.24) is 10.2 Å². The van der Waals surface area contributed by atoms with Gasteiger partial charge in [0.25, 0.3) is 0 Å². The highest BCUT2D eigenvalue weighted by molar-refractivity contribution is 6.31. The molecular weight excluding hydrogens is 232 g/mol. The van der Waals surface area contributed by atoms with E-state index < -0.39 is 0 Å². The van der Waals surface area contributed by atoms with Crippen molar-refractivity contribution in [2.24, 2.45) is 0 Å². The fourth-order valence-electron chi connectivity index (χ4n) is 2.82. The Morgan fingerprint density at radius 2 is 2.24 bits per heavy atom. The van der Waals surface area contributed by atoms with Gasteiger partial charge in [-0.3, -0.25) is 4.90 Å². The van der Waals surface area contributed by atoms with E-state index in [0.717, 1.165) is 11.6 Å². The largest absolute Gasteiger partial charge is 0.318 e. The van der Waals surface area contributed by atoms with Gasteiger partial charge in [0.15, 0.2) is 0 Å². The van der Waals surface area contributed by atoms with Gasteiger partial charge >= 0.3 is 0 Å². The molecule has 1 aromatic carbocycles. The Labute approximate surface area is 109 Å². The fourth-order valence-corrected chi connectivity index (χ4v) is 3.11. The van der Waals surface area contributed by atoms with Crippen molar-refractivity contribution < 1.29 is 0 Å². The summed E-state index contributed by atoms with van der Waals surface area (Å²) >= 11 is 6.28. The first kappa shape index (κ1) is 12.9. The third kappa shape index (κ3) is 2.82. The second-order valence-corrected chi connectivity index (χ2v) is 5.20. The van der Waals surface area contributed by atoms with E-state index >= 15 is 0 Å². The summed E-state index contributed by atoms with van der Waals surface area (Å²) in [7, 11) is 2.02. The highest BCUT2D eigenvalue weighted by atomic mass is 35.5. The molecule has 0 radical (unpaired) electrons. The zero-order chi connectivity index (χ0) is 12.3. The van der Waals surface area contributed by atoms with Crippen molar-refractivity contribution in [1.29, 1.82) is 0 Å². The normalized spacial score (nSPS) is 22.9. The Kier molecular flexibility index (Phi) is 4.43. The molecule has 0 spiro atoms. The number of nitrogens with zero attached hydrogens (tertiary/aromatic N) is 1. The van der Waals surface area contributed by atoms with E-state index in [1.165, 1.54) is 24.9 Å². The average molecular weight is 253 g/mol. The van der Waals surface area contributed by atoms with Gasteiger partial charge in [0, 0.05) is 23.7 Å². The first-order valence-electron chi connectivity index (χ1n) is 6.39. The van der Waals surface area contributed by atoms with Gasteiger partial charge < -0.3 is 5.32 Å². The maximum absolute atomic E-state index is 6.28. The highest BCUT2D eigenvalue weighted by Crippen LogP contribution is 2.32. The Hall–Kier alpha value is -0.570. The van der Waals surface area contributed by atoms with E-state index in [1.807, 2.05) is 19.2 Å². The lowest BCUT2D eigenvalue weighted by molar-refractivity contribution is 0.191. The summed E-state index contributed by atoms with van der Waals surface area (Å²) in [6.45, 7) is 4.50. The van der Waals surface area contributed by atoms with Crippen LogP contribution in [0.2, 0.25) is 5.02 Å². The van der Waals surface area contributed by atoms with Crippen LogP contribution in [0.15, 0.2) is 24.3 Å². The molecule has 94 valence electrons. The molecule has 2 rings (SSSR count). The minimum atomic E-state index is 0.407. The van der Waals surface area contributed by atoms with E-state index in [1.54, 1.807) is 0 Å². The summed E-state index contributed by atoms with van der Waals surface area (Å²) < 4.78 is 0. The van der Waals surface area contributed by atoms with E-state index in [2.05, 4.69) is 29.3 Å². The lowest BCUT2D eigenvalue weighted by Gasteiger charge is -2.31. The number of rotatable bonds is 4. The van der Waals surface area contributed by atoms with Crippen molar-refractivity contribution in [3.05, 3.63) is 34.9 Å². The highest BCUT2D eigenvalue weighted by Gasteiger charge is 2.29. The van der Waals surface area contributed by atoms with Crippen molar-refractivity contribution in [2.75, 3.05) is 20.1 Å². The zero-order valence-corrected chi connectivity index (χ0v) is 11.4. The lowest BCUT2D eigenvalue weighted by atomic mass is 10.1. The van der Waals surface area contributed by atoms with Crippen LogP contribution in [-0.2, 0) is 0 Å². The Morgan fingerprint density at radius 1 is 1.47 bits per heavy atom. The molecule has 1 saturated heterocycles. The molecule has 0 amide bonds. The molecule has 0 aliphatic carbocycles. The minimum Gasteiger partial charge on any atom is -0.318 e. The van der Waals surface area contributed by atoms with Crippen LogP contribution < -0.4 is 5.32 Å². The molecule has 1 aliphatic rings. The molecule has 1 heterocycles. The number of hydrogen-bond donors (Lipinski definition) is 1. The predicted octanol–water partition coefficient (Wildman–Crippen LogP) is 3.08. The number of likely N-dealkylation sites (N-methyl/N-ethyl adjacent to an activating group) is 1. The molecule has 1 aliphatic heterocycles. The van der Waals surface area contributed by atoms with Crippen molar-refractivity contribution in [2.45, 2.75) is 31.8 Å². The standard InChI is InChI=1S/C14H21ClN2/c1-11(13-7-3-4-8-14(13)15)17-9-5-6-12(17)10-16-2/h3-4,7-8,11-12,16H,5-6,9-10H2,1-2H3. The Morgan fingerprint density at radius 3 is 2.94 bits per heavy atom. The van der Waals surface area contributed by atoms with Crippen LogP contribution in [0.3, 0.4) is 0 Å². The number of nitrogens with one attached hydrogen (secondary N) is 1. The van der Waals surface area contributed by atoms with Gasteiger partial charge in [-0.2, -0.15) is 0 Å². The van der Waals surface area contributed by atoms with Gasteiger partial charge in [0.2, 0.25) is 0 Å². The van der Waals surface area contributed by atoms with Gasteiger partial charge in [-0.05, 0) is 45.0 Å². The van der Waals surface area contributed by atoms with Crippen LogP contribution in [0, 0.1) is 0 Å². The first-order chi connectivity index (χ1) is 8.24. The molecule has 3 heteroatoms. The van der Waals surface area contributed by atoms with Crippen LogP contribution in [-0.4, -0.2) is 31.1 Å². The van der Waals surface area contributed by atoms with Crippen LogP contribution in [0.5, 0.6) is 0 Å². The van der Waals surface area contributed by atoms with Crippen LogP contribution in [0.1, 0.15) is 31.4 Å². The molecular formula is C14H21ClN2. The maximum Gasteiger partial charge on any atom is 0.0453 e. The fraction of sp³-hybridized carbons (Fsp3) is 0.571. The summed E-state index contributed by atoms with van der Waals surface area (Å²) in [4.78, 5) is 2.57. The Balaban J connectivity index is 2.14. The third-order valence-electron chi connectivity index (χ3n) is 3.72. The lowest BCUT2D eigenvalue weighted by Crippen LogP contribution is -2.38. The predicted molar refractivity (Wildman–Crippen MR) is 73.5 cm³/mol. The summed E-state index contributed by atoms with van der Waals surface area (Å²) in [6, 6.07) is 9.24. The van der Waals surface area contributed by atoms with Crippen LogP contribution in [0.4, 0.5) is 0 Å².